The van der Waals surface area contributed by atoms with Gasteiger partial charge in [-0.05, 0) is 48.7 Å². The molecule has 0 aliphatic carbocycles. The fourth-order valence-electron chi connectivity index (χ4n) is 3.39. The molecule has 1 aliphatic rings. The number of nitrogens with zero attached hydrogens (tertiary/aromatic N) is 1. The first-order chi connectivity index (χ1) is 13.8. The van der Waals surface area contributed by atoms with Crippen LogP contribution in [0.2, 0.25) is 5.02 Å². The normalized spacial score (nSPS) is 18.9. The number of hydrogen-bond acceptors (Lipinski definition) is 4. The molecule has 0 aromatic heterocycles. The molecule has 5 nitrogen and oxygen atoms in total. The van der Waals surface area contributed by atoms with Crippen molar-refractivity contribution >= 4 is 27.3 Å². The highest BCUT2D eigenvalue weighted by Crippen LogP contribution is 2.25. The highest BCUT2D eigenvalue weighted by Gasteiger charge is 2.37. The number of rotatable bonds is 7. The number of carbonyl (C=O) groups excluding carboxylic acids is 1. The molecule has 29 heavy (non-hydrogen) atoms. The smallest absolute Gasteiger partial charge is 0.264 e. The molecule has 1 fully saturated rings. The lowest BCUT2D eigenvalue weighted by Crippen LogP contribution is -2.47. The minimum atomic E-state index is -3.18. The largest absolute Gasteiger partial charge is 0.481 e. The van der Waals surface area contributed by atoms with Gasteiger partial charge in [0.25, 0.3) is 5.91 Å². The topological polar surface area (TPSA) is 63.7 Å². The second-order valence-corrected chi connectivity index (χ2v) is 9.72. The lowest BCUT2D eigenvalue weighted by Gasteiger charge is -2.32. The Labute approximate surface area is 175 Å². The molecular formula is C21H23ClFNO4S. The Morgan fingerprint density at radius 1 is 1.24 bits per heavy atom. The summed E-state index contributed by atoms with van der Waals surface area (Å²) in [6.07, 6.45) is -0.0496. The van der Waals surface area contributed by atoms with Gasteiger partial charge in [0.1, 0.15) is 11.6 Å². The van der Waals surface area contributed by atoms with E-state index in [1.54, 1.807) is 17.0 Å². The standard InChI is InChI=1S/C21H23ClFNO4S/c1-2-20(28-18-9-7-16(23)8-10-18)21(25)24(17-11-12-29(26,27)14-17)13-15-5-3-4-6-19(15)22/h3-10,17,20H,2,11-14H2,1H3/t17-,20+/m0/s1. The summed E-state index contributed by atoms with van der Waals surface area (Å²) in [6.45, 7) is 2.01. The van der Waals surface area contributed by atoms with Crippen LogP contribution in [0, 0.1) is 5.82 Å². The van der Waals surface area contributed by atoms with Gasteiger partial charge in [-0.3, -0.25) is 4.79 Å². The highest BCUT2D eigenvalue weighted by atomic mass is 35.5. The molecule has 0 spiro atoms. The van der Waals surface area contributed by atoms with Gasteiger partial charge in [-0.25, -0.2) is 12.8 Å². The first-order valence-electron chi connectivity index (χ1n) is 9.45. The third-order valence-corrected chi connectivity index (χ3v) is 7.09. The molecular weight excluding hydrogens is 417 g/mol. The number of halogens is 2. The van der Waals surface area contributed by atoms with E-state index < -0.39 is 27.8 Å². The molecule has 2 atom stereocenters. The van der Waals surface area contributed by atoms with Gasteiger partial charge in [0.05, 0.1) is 11.5 Å². The Balaban J connectivity index is 1.85. The van der Waals surface area contributed by atoms with E-state index in [4.69, 9.17) is 16.3 Å². The number of benzene rings is 2. The van der Waals surface area contributed by atoms with E-state index in [2.05, 4.69) is 0 Å². The first kappa shape index (κ1) is 21.6. The Hall–Kier alpha value is -2.12. The quantitative estimate of drug-likeness (QED) is 0.657. The van der Waals surface area contributed by atoms with Crippen LogP contribution in [0.25, 0.3) is 0 Å². The first-order valence-corrected chi connectivity index (χ1v) is 11.7. The molecule has 1 saturated heterocycles. The summed E-state index contributed by atoms with van der Waals surface area (Å²) >= 11 is 6.27. The predicted molar refractivity (Wildman–Crippen MR) is 110 cm³/mol. The molecule has 8 heteroatoms. The van der Waals surface area contributed by atoms with Gasteiger partial charge in [0.2, 0.25) is 0 Å². The van der Waals surface area contributed by atoms with Gasteiger partial charge in [-0.2, -0.15) is 0 Å². The van der Waals surface area contributed by atoms with Crippen molar-refractivity contribution in [1.29, 1.82) is 0 Å². The molecule has 0 radical (unpaired) electrons. The molecule has 0 N–H and O–H groups in total. The molecule has 3 rings (SSSR count). The zero-order chi connectivity index (χ0) is 21.0. The van der Waals surface area contributed by atoms with Crippen LogP contribution in [0.3, 0.4) is 0 Å². The van der Waals surface area contributed by atoms with E-state index >= 15 is 0 Å². The minimum Gasteiger partial charge on any atom is -0.481 e. The fourth-order valence-corrected chi connectivity index (χ4v) is 5.32. The molecule has 0 unspecified atom stereocenters. The minimum absolute atomic E-state index is 0.0551. The summed E-state index contributed by atoms with van der Waals surface area (Å²) in [5, 5.41) is 0.513. The maximum absolute atomic E-state index is 13.3. The summed E-state index contributed by atoms with van der Waals surface area (Å²) in [4.78, 5) is 14.9. The van der Waals surface area contributed by atoms with E-state index in [1.165, 1.54) is 24.3 Å². The fraction of sp³-hybridized carbons (Fsp3) is 0.381. The lowest BCUT2D eigenvalue weighted by molar-refractivity contribution is -0.141. The van der Waals surface area contributed by atoms with E-state index in [9.17, 15) is 17.6 Å². The molecule has 2 aromatic rings. The van der Waals surface area contributed by atoms with Gasteiger partial charge in [-0.15, -0.1) is 0 Å². The van der Waals surface area contributed by atoms with Crippen LogP contribution < -0.4 is 4.74 Å². The zero-order valence-corrected chi connectivity index (χ0v) is 17.6. The monoisotopic (exact) mass is 439 g/mol. The van der Waals surface area contributed by atoms with Crippen molar-refractivity contribution in [3.8, 4) is 5.75 Å². The molecule has 0 bridgehead atoms. The van der Waals surface area contributed by atoms with E-state index in [0.29, 0.717) is 23.6 Å². The lowest BCUT2D eigenvalue weighted by atomic mass is 10.1. The van der Waals surface area contributed by atoms with Crippen molar-refractivity contribution in [2.75, 3.05) is 11.5 Å². The predicted octanol–water partition coefficient (Wildman–Crippen LogP) is 3.85. The Bertz CT molecular complexity index is 965. The number of ether oxygens (including phenoxy) is 1. The van der Waals surface area contributed by atoms with Crippen molar-refractivity contribution in [1.82, 2.24) is 4.90 Å². The van der Waals surface area contributed by atoms with Crippen LogP contribution in [0.5, 0.6) is 5.75 Å². The van der Waals surface area contributed by atoms with Crippen LogP contribution in [0.1, 0.15) is 25.3 Å². The number of amides is 1. The zero-order valence-electron chi connectivity index (χ0n) is 16.1. The maximum atomic E-state index is 13.3. The molecule has 2 aromatic carbocycles. The summed E-state index contributed by atoms with van der Waals surface area (Å²) in [5.41, 5.74) is 0.739. The number of sulfone groups is 1. The highest BCUT2D eigenvalue weighted by molar-refractivity contribution is 7.91. The van der Waals surface area contributed by atoms with Crippen LogP contribution in [-0.4, -0.2) is 42.9 Å². The molecule has 1 heterocycles. The second kappa shape index (κ2) is 9.13. The van der Waals surface area contributed by atoms with E-state index in [1.807, 2.05) is 19.1 Å². The van der Waals surface area contributed by atoms with Gasteiger partial charge < -0.3 is 9.64 Å². The SMILES string of the molecule is CC[C@@H](Oc1ccc(F)cc1)C(=O)N(Cc1ccccc1Cl)[C@H]1CCS(=O)(=O)C1. The maximum Gasteiger partial charge on any atom is 0.264 e. The Morgan fingerprint density at radius 2 is 1.93 bits per heavy atom. The van der Waals surface area contributed by atoms with Gasteiger partial charge in [0.15, 0.2) is 15.9 Å². The van der Waals surface area contributed by atoms with Gasteiger partial charge in [-0.1, -0.05) is 36.7 Å². The second-order valence-electron chi connectivity index (χ2n) is 7.08. The van der Waals surface area contributed by atoms with Crippen molar-refractivity contribution in [3.63, 3.8) is 0 Å². The number of carbonyl (C=O) groups is 1. The van der Waals surface area contributed by atoms with Crippen LogP contribution in [0.15, 0.2) is 48.5 Å². The third kappa shape index (κ3) is 5.48. The summed E-state index contributed by atoms with van der Waals surface area (Å²) in [7, 11) is -3.18. The molecule has 156 valence electrons. The Morgan fingerprint density at radius 3 is 2.52 bits per heavy atom. The third-order valence-electron chi connectivity index (χ3n) is 4.97. The summed E-state index contributed by atoms with van der Waals surface area (Å²) < 4.78 is 43.0. The van der Waals surface area contributed by atoms with Crippen molar-refractivity contribution in [3.05, 3.63) is 64.9 Å². The average Bonchev–Trinajstić information content (AvgIpc) is 3.06. The van der Waals surface area contributed by atoms with Crippen LogP contribution >= 0.6 is 11.6 Å². The average molecular weight is 440 g/mol. The molecule has 0 saturated carbocycles. The summed E-state index contributed by atoms with van der Waals surface area (Å²) in [5.74, 6) is -0.342. The van der Waals surface area contributed by atoms with Gasteiger partial charge >= 0.3 is 0 Å². The molecule has 1 aliphatic heterocycles. The van der Waals surface area contributed by atoms with E-state index in [-0.39, 0.29) is 24.0 Å². The number of hydrogen-bond donors (Lipinski definition) is 0. The van der Waals surface area contributed by atoms with Crippen LogP contribution in [0.4, 0.5) is 4.39 Å². The Kier molecular flexibility index (Phi) is 6.80. The van der Waals surface area contributed by atoms with E-state index in [0.717, 1.165) is 5.56 Å². The summed E-state index contributed by atoms with van der Waals surface area (Å²) in [6, 6.07) is 12.2. The van der Waals surface area contributed by atoms with Crippen molar-refractivity contribution in [2.24, 2.45) is 0 Å². The van der Waals surface area contributed by atoms with Crippen LogP contribution in [-0.2, 0) is 21.2 Å². The van der Waals surface area contributed by atoms with Gasteiger partial charge in [0, 0.05) is 17.6 Å². The van der Waals surface area contributed by atoms with Crippen molar-refractivity contribution < 1.29 is 22.3 Å². The van der Waals surface area contributed by atoms with Crippen molar-refractivity contribution in [2.45, 2.75) is 38.5 Å². The molecule has 1 amide bonds.